The largest absolute Gasteiger partial charge is 0.396 e. The third-order valence-corrected chi connectivity index (χ3v) is 3.29. The maximum Gasteiger partial charge on any atom is 0.282 e. The fourth-order valence-electron chi connectivity index (χ4n) is 2.18. The van der Waals surface area contributed by atoms with Crippen molar-refractivity contribution < 1.29 is 14.8 Å². The van der Waals surface area contributed by atoms with Crippen LogP contribution in [0.1, 0.15) is 21.5 Å². The highest BCUT2D eigenvalue weighted by atomic mass is 16.6. The van der Waals surface area contributed by atoms with Gasteiger partial charge in [0.25, 0.3) is 11.6 Å². The molecule has 2 aromatic carbocycles. The molecule has 2 N–H and O–H groups in total. The molecule has 0 unspecified atom stereocenters. The minimum absolute atomic E-state index is 0.0567. The predicted molar refractivity (Wildman–Crippen MR) is 83.0 cm³/mol. The van der Waals surface area contributed by atoms with Crippen LogP contribution in [0.4, 0.5) is 11.4 Å². The molecule has 0 aromatic heterocycles. The zero-order chi connectivity index (χ0) is 16.1. The topological polar surface area (TPSA) is 92.5 Å². The summed E-state index contributed by atoms with van der Waals surface area (Å²) in [6.45, 7) is 1.72. The number of hydrogen-bond donors (Lipinski definition) is 2. The molecule has 6 nitrogen and oxygen atoms in total. The quantitative estimate of drug-likeness (QED) is 0.656. The van der Waals surface area contributed by atoms with Crippen LogP contribution >= 0.6 is 0 Å². The number of rotatable bonds is 5. The van der Waals surface area contributed by atoms with Gasteiger partial charge in [0.1, 0.15) is 5.56 Å². The standard InChI is InChI=1S/C16H16N2O4/c1-11-3-2-4-14(18(21)22)15(11)16(20)17-13-7-5-12(6-8-13)9-10-19/h2-8,19H,9-10H2,1H3,(H,17,20). The molecule has 6 heteroatoms. The van der Waals surface area contributed by atoms with Gasteiger partial charge in [-0.05, 0) is 36.6 Å². The maximum absolute atomic E-state index is 12.3. The van der Waals surface area contributed by atoms with Gasteiger partial charge in [-0.2, -0.15) is 0 Å². The van der Waals surface area contributed by atoms with Crippen LogP contribution in [-0.4, -0.2) is 22.5 Å². The number of aliphatic hydroxyl groups is 1. The lowest BCUT2D eigenvalue weighted by Crippen LogP contribution is -2.15. The van der Waals surface area contributed by atoms with Crippen LogP contribution in [0.25, 0.3) is 0 Å². The van der Waals surface area contributed by atoms with E-state index in [2.05, 4.69) is 5.32 Å². The molecular weight excluding hydrogens is 284 g/mol. The molecule has 0 radical (unpaired) electrons. The van der Waals surface area contributed by atoms with Crippen molar-refractivity contribution >= 4 is 17.3 Å². The Morgan fingerprint density at radius 1 is 1.23 bits per heavy atom. The lowest BCUT2D eigenvalue weighted by Gasteiger charge is -2.09. The van der Waals surface area contributed by atoms with Gasteiger partial charge in [-0.1, -0.05) is 24.3 Å². The highest BCUT2D eigenvalue weighted by Gasteiger charge is 2.22. The molecule has 0 fully saturated rings. The van der Waals surface area contributed by atoms with E-state index in [1.807, 2.05) is 0 Å². The highest BCUT2D eigenvalue weighted by molar-refractivity contribution is 6.08. The summed E-state index contributed by atoms with van der Waals surface area (Å²) in [5.74, 6) is -0.514. The van der Waals surface area contributed by atoms with Crippen molar-refractivity contribution in [2.45, 2.75) is 13.3 Å². The number of benzene rings is 2. The van der Waals surface area contributed by atoms with Gasteiger partial charge in [0.2, 0.25) is 0 Å². The molecule has 1 amide bonds. The summed E-state index contributed by atoms with van der Waals surface area (Å²) >= 11 is 0. The molecule has 2 rings (SSSR count). The molecule has 0 saturated carbocycles. The number of carbonyl (C=O) groups excluding carboxylic acids is 1. The Hall–Kier alpha value is -2.73. The lowest BCUT2D eigenvalue weighted by molar-refractivity contribution is -0.385. The number of nitro benzene ring substituents is 1. The molecule has 0 spiro atoms. The highest BCUT2D eigenvalue weighted by Crippen LogP contribution is 2.23. The predicted octanol–water partition coefficient (Wildman–Crippen LogP) is 2.69. The smallest absolute Gasteiger partial charge is 0.282 e. The number of anilines is 1. The Morgan fingerprint density at radius 3 is 2.50 bits per heavy atom. The first kappa shape index (κ1) is 15.7. The molecule has 0 atom stereocenters. The van der Waals surface area contributed by atoms with E-state index in [9.17, 15) is 14.9 Å². The number of aliphatic hydroxyl groups excluding tert-OH is 1. The van der Waals surface area contributed by atoms with Crippen LogP contribution in [0.3, 0.4) is 0 Å². The van der Waals surface area contributed by atoms with E-state index in [0.29, 0.717) is 17.7 Å². The number of hydrogen-bond acceptors (Lipinski definition) is 4. The van der Waals surface area contributed by atoms with Gasteiger partial charge in [0.05, 0.1) is 4.92 Å². The molecule has 0 aliphatic rings. The average molecular weight is 300 g/mol. The molecule has 0 aliphatic heterocycles. The summed E-state index contributed by atoms with van der Waals surface area (Å²) in [6, 6.07) is 11.5. The lowest BCUT2D eigenvalue weighted by atomic mass is 10.1. The van der Waals surface area contributed by atoms with E-state index in [0.717, 1.165) is 5.56 Å². The van der Waals surface area contributed by atoms with Crippen LogP contribution in [-0.2, 0) is 6.42 Å². The monoisotopic (exact) mass is 300 g/mol. The number of nitro groups is 1. The van der Waals surface area contributed by atoms with Crippen LogP contribution in [0, 0.1) is 17.0 Å². The second-order valence-electron chi connectivity index (χ2n) is 4.85. The van der Waals surface area contributed by atoms with Gasteiger partial charge in [0.15, 0.2) is 0 Å². The molecule has 0 bridgehead atoms. The minimum Gasteiger partial charge on any atom is -0.396 e. The summed E-state index contributed by atoms with van der Waals surface area (Å²) in [6.07, 6.45) is 0.539. The van der Waals surface area contributed by atoms with Gasteiger partial charge < -0.3 is 10.4 Å². The van der Waals surface area contributed by atoms with Gasteiger partial charge >= 0.3 is 0 Å². The first-order chi connectivity index (χ1) is 10.5. The Balaban J connectivity index is 2.24. The molecule has 22 heavy (non-hydrogen) atoms. The van der Waals surface area contributed by atoms with Crippen LogP contribution in [0.15, 0.2) is 42.5 Å². The first-order valence-corrected chi connectivity index (χ1v) is 6.78. The summed E-state index contributed by atoms with van der Waals surface area (Å²) in [5.41, 5.74) is 1.89. The second kappa shape index (κ2) is 6.82. The van der Waals surface area contributed by atoms with E-state index in [-0.39, 0.29) is 17.9 Å². The zero-order valence-electron chi connectivity index (χ0n) is 12.1. The van der Waals surface area contributed by atoms with Crippen LogP contribution < -0.4 is 5.32 Å². The second-order valence-corrected chi connectivity index (χ2v) is 4.85. The fourth-order valence-corrected chi connectivity index (χ4v) is 2.18. The minimum atomic E-state index is -0.563. The van der Waals surface area contributed by atoms with Crippen molar-refractivity contribution in [2.24, 2.45) is 0 Å². The third-order valence-electron chi connectivity index (χ3n) is 3.29. The number of nitrogens with zero attached hydrogens (tertiary/aromatic N) is 1. The number of aryl methyl sites for hydroxylation is 1. The SMILES string of the molecule is Cc1cccc([N+](=O)[O-])c1C(=O)Nc1ccc(CCO)cc1. The van der Waals surface area contributed by atoms with Gasteiger partial charge in [-0.15, -0.1) is 0 Å². The van der Waals surface area contributed by atoms with Crippen molar-refractivity contribution in [2.75, 3.05) is 11.9 Å². The molecule has 0 saturated heterocycles. The van der Waals surface area contributed by atoms with Crippen molar-refractivity contribution in [1.29, 1.82) is 0 Å². The Kier molecular flexibility index (Phi) is 4.85. The summed E-state index contributed by atoms with van der Waals surface area (Å²) in [4.78, 5) is 22.8. The summed E-state index contributed by atoms with van der Waals surface area (Å²) in [7, 11) is 0. The van der Waals surface area contributed by atoms with E-state index in [1.54, 1.807) is 43.3 Å². The zero-order valence-corrected chi connectivity index (χ0v) is 12.1. The van der Waals surface area contributed by atoms with Crippen molar-refractivity contribution in [3.8, 4) is 0 Å². The normalized spacial score (nSPS) is 10.3. The number of nitrogens with one attached hydrogen (secondary N) is 1. The van der Waals surface area contributed by atoms with Crippen LogP contribution in [0.5, 0.6) is 0 Å². The van der Waals surface area contributed by atoms with E-state index < -0.39 is 10.8 Å². The van der Waals surface area contributed by atoms with Crippen molar-refractivity contribution in [1.82, 2.24) is 0 Å². The molecule has 114 valence electrons. The fraction of sp³-hybridized carbons (Fsp3) is 0.188. The maximum atomic E-state index is 12.3. The number of carbonyl (C=O) groups is 1. The number of amides is 1. The van der Waals surface area contributed by atoms with E-state index >= 15 is 0 Å². The molecule has 0 aliphatic carbocycles. The van der Waals surface area contributed by atoms with E-state index in [1.165, 1.54) is 6.07 Å². The first-order valence-electron chi connectivity index (χ1n) is 6.78. The van der Waals surface area contributed by atoms with Crippen molar-refractivity contribution in [3.05, 3.63) is 69.3 Å². The summed E-state index contributed by atoms with van der Waals surface area (Å²) < 4.78 is 0. The van der Waals surface area contributed by atoms with Crippen molar-refractivity contribution in [3.63, 3.8) is 0 Å². The average Bonchev–Trinajstić information content (AvgIpc) is 2.49. The van der Waals surface area contributed by atoms with Gasteiger partial charge in [-0.25, -0.2) is 0 Å². The molecular formula is C16H16N2O4. The Labute approximate surface area is 127 Å². The van der Waals surface area contributed by atoms with E-state index in [4.69, 9.17) is 5.11 Å². The third kappa shape index (κ3) is 3.48. The Morgan fingerprint density at radius 2 is 1.91 bits per heavy atom. The van der Waals surface area contributed by atoms with Gasteiger partial charge in [0, 0.05) is 18.4 Å². The van der Waals surface area contributed by atoms with Crippen LogP contribution in [0.2, 0.25) is 0 Å². The summed E-state index contributed by atoms with van der Waals surface area (Å²) in [5, 5.41) is 22.6. The Bertz CT molecular complexity index is 696. The van der Waals surface area contributed by atoms with Gasteiger partial charge in [-0.3, -0.25) is 14.9 Å². The molecule has 0 heterocycles. The molecule has 2 aromatic rings.